The van der Waals surface area contributed by atoms with E-state index in [9.17, 15) is 9.18 Å². The van der Waals surface area contributed by atoms with Crippen LogP contribution in [0.5, 0.6) is 0 Å². The van der Waals surface area contributed by atoms with E-state index in [1.807, 2.05) is 11.0 Å². The first-order valence-corrected chi connectivity index (χ1v) is 8.08. The monoisotopic (exact) mass is 316 g/mol. The Bertz CT molecular complexity index is 646. The van der Waals surface area contributed by atoms with Gasteiger partial charge in [0.15, 0.2) is 0 Å². The van der Waals surface area contributed by atoms with Crippen molar-refractivity contribution in [2.24, 2.45) is 0 Å². The minimum atomic E-state index is -0.937. The summed E-state index contributed by atoms with van der Waals surface area (Å²) in [6.45, 7) is 2.39. The second-order valence-electron chi connectivity index (χ2n) is 5.97. The average Bonchev–Trinajstić information content (AvgIpc) is 2.84. The topological polar surface area (TPSA) is 43.8 Å². The molecule has 2 heterocycles. The van der Waals surface area contributed by atoms with Crippen molar-refractivity contribution in [1.29, 1.82) is 0 Å². The van der Waals surface area contributed by atoms with E-state index in [0.717, 1.165) is 37.3 Å². The molecule has 1 aromatic carbocycles. The fourth-order valence-corrected chi connectivity index (χ4v) is 3.14. The molecule has 3 rings (SSSR count). The first-order valence-electron chi connectivity index (χ1n) is 8.08. The molecule has 23 heavy (non-hydrogen) atoms. The molecule has 0 spiro atoms. The molecular weight excluding hydrogens is 295 g/mol. The molecule has 0 saturated carbocycles. The van der Waals surface area contributed by atoms with Crippen molar-refractivity contribution in [2.75, 3.05) is 29.4 Å². The Morgan fingerprint density at radius 2 is 1.83 bits per heavy atom. The average molecular weight is 316 g/mol. The van der Waals surface area contributed by atoms with Crippen LogP contribution in [0.25, 0.3) is 0 Å². The fourth-order valence-electron chi connectivity index (χ4n) is 3.14. The number of anilines is 2. The van der Waals surface area contributed by atoms with Crippen LogP contribution >= 0.6 is 0 Å². The van der Waals surface area contributed by atoms with Crippen molar-refractivity contribution in [3.63, 3.8) is 0 Å². The van der Waals surface area contributed by atoms with Gasteiger partial charge in [-0.05, 0) is 37.1 Å². The number of rotatable bonds is 3. The highest BCUT2D eigenvalue weighted by molar-refractivity contribution is 5.90. The summed E-state index contributed by atoms with van der Waals surface area (Å²) in [6.07, 6.45) is 9.70. The van der Waals surface area contributed by atoms with Crippen LogP contribution in [0.2, 0.25) is 0 Å². The molecule has 0 aliphatic carbocycles. The predicted molar refractivity (Wildman–Crippen MR) is 89.3 cm³/mol. The van der Waals surface area contributed by atoms with Crippen LogP contribution in [0.15, 0.2) is 42.1 Å². The molecule has 1 fully saturated rings. The van der Waals surface area contributed by atoms with Crippen LogP contribution in [-0.4, -0.2) is 30.7 Å². The lowest BCUT2D eigenvalue weighted by Gasteiger charge is -2.30. The van der Waals surface area contributed by atoms with Crippen molar-refractivity contribution >= 4 is 17.3 Å². The summed E-state index contributed by atoms with van der Waals surface area (Å²) in [5, 5.41) is 9.02. The summed E-state index contributed by atoms with van der Waals surface area (Å²) in [7, 11) is 0. The van der Waals surface area contributed by atoms with E-state index in [1.165, 1.54) is 25.0 Å². The molecule has 122 valence electrons. The zero-order chi connectivity index (χ0) is 16.2. The number of halogens is 1. The number of benzene rings is 1. The summed E-state index contributed by atoms with van der Waals surface area (Å²) in [5.74, 6) is -1.21. The maximum atomic E-state index is 13.8. The van der Waals surface area contributed by atoms with E-state index in [-0.39, 0.29) is 11.4 Å². The Kier molecular flexibility index (Phi) is 4.65. The van der Waals surface area contributed by atoms with Gasteiger partial charge in [0.25, 0.3) is 0 Å². The van der Waals surface area contributed by atoms with Gasteiger partial charge in [0.2, 0.25) is 0 Å². The van der Waals surface area contributed by atoms with Gasteiger partial charge in [-0.3, -0.25) is 0 Å². The van der Waals surface area contributed by atoms with Gasteiger partial charge in [0, 0.05) is 25.8 Å². The van der Waals surface area contributed by atoms with Gasteiger partial charge in [0.1, 0.15) is 5.82 Å². The molecule has 0 radical (unpaired) electrons. The van der Waals surface area contributed by atoms with Gasteiger partial charge in [-0.25, -0.2) is 9.18 Å². The normalized spacial score (nSPS) is 18.6. The number of hydrogen-bond donors (Lipinski definition) is 1. The molecule has 1 N–H and O–H groups in total. The van der Waals surface area contributed by atoms with Gasteiger partial charge < -0.3 is 14.9 Å². The van der Waals surface area contributed by atoms with Crippen LogP contribution in [0.4, 0.5) is 15.8 Å². The summed E-state index contributed by atoms with van der Waals surface area (Å²) >= 11 is 0. The van der Waals surface area contributed by atoms with Crippen molar-refractivity contribution in [3.8, 4) is 0 Å². The van der Waals surface area contributed by atoms with Crippen molar-refractivity contribution in [3.05, 3.63) is 47.9 Å². The third-order valence-corrected chi connectivity index (χ3v) is 4.38. The maximum absolute atomic E-state index is 13.8. The zero-order valence-corrected chi connectivity index (χ0v) is 13.0. The van der Waals surface area contributed by atoms with Gasteiger partial charge >= 0.3 is 5.97 Å². The Morgan fingerprint density at radius 1 is 1.09 bits per heavy atom. The maximum Gasteiger partial charge on any atom is 0.335 e. The van der Waals surface area contributed by atoms with E-state index in [2.05, 4.69) is 4.90 Å². The van der Waals surface area contributed by atoms with E-state index >= 15 is 0 Å². The Morgan fingerprint density at radius 3 is 2.43 bits per heavy atom. The first kappa shape index (κ1) is 15.6. The smallest absolute Gasteiger partial charge is 0.335 e. The number of hydrogen-bond acceptors (Lipinski definition) is 3. The molecule has 1 aromatic rings. The molecule has 0 unspecified atom stereocenters. The van der Waals surface area contributed by atoms with Crippen LogP contribution in [0.1, 0.15) is 25.7 Å². The minimum absolute atomic E-state index is 0.272. The summed E-state index contributed by atoms with van der Waals surface area (Å²) in [4.78, 5) is 15.2. The molecular formula is C18H21FN2O2. The Labute approximate surface area is 135 Å². The summed E-state index contributed by atoms with van der Waals surface area (Å²) in [6, 6.07) is 4.86. The Hall–Kier alpha value is -2.30. The highest BCUT2D eigenvalue weighted by Gasteiger charge is 2.19. The molecule has 2 aliphatic rings. The molecule has 0 atom stereocenters. The van der Waals surface area contributed by atoms with E-state index in [1.54, 1.807) is 18.4 Å². The third kappa shape index (κ3) is 3.55. The molecule has 0 amide bonds. The first-order chi connectivity index (χ1) is 11.1. The fraction of sp³-hybridized carbons (Fsp3) is 0.389. The SMILES string of the molecule is O=C(O)C1=CCN(c2cc(F)ccc2N2CCCCCC2)C=C1. The predicted octanol–water partition coefficient (Wildman–Crippen LogP) is 3.55. The molecule has 1 saturated heterocycles. The van der Waals surface area contributed by atoms with Crippen molar-refractivity contribution in [1.82, 2.24) is 0 Å². The van der Waals surface area contributed by atoms with E-state index in [4.69, 9.17) is 5.11 Å². The van der Waals surface area contributed by atoms with Crippen molar-refractivity contribution < 1.29 is 14.3 Å². The molecule has 0 bridgehead atoms. The highest BCUT2D eigenvalue weighted by atomic mass is 19.1. The lowest BCUT2D eigenvalue weighted by atomic mass is 10.1. The standard InChI is InChI=1S/C18H21FN2O2/c19-15-5-6-16(20-9-3-1-2-4-10-20)17(13-15)21-11-7-14(8-12-21)18(22)23/h5-8,11,13H,1-4,9-10,12H2,(H,22,23). The number of nitrogens with zero attached hydrogens (tertiary/aromatic N) is 2. The van der Waals surface area contributed by atoms with Crippen LogP contribution in [-0.2, 0) is 4.79 Å². The second kappa shape index (κ2) is 6.86. The number of aliphatic carboxylic acids is 1. The molecule has 5 heteroatoms. The number of carboxylic acid groups (broad SMARTS) is 1. The summed E-state index contributed by atoms with van der Waals surface area (Å²) < 4.78 is 13.8. The van der Waals surface area contributed by atoms with Gasteiger partial charge in [-0.15, -0.1) is 0 Å². The van der Waals surface area contributed by atoms with Gasteiger partial charge in [-0.2, -0.15) is 0 Å². The van der Waals surface area contributed by atoms with Gasteiger partial charge in [-0.1, -0.05) is 18.9 Å². The molecule has 0 aromatic heterocycles. The minimum Gasteiger partial charge on any atom is -0.478 e. The van der Waals surface area contributed by atoms with E-state index in [0.29, 0.717) is 6.54 Å². The largest absolute Gasteiger partial charge is 0.478 e. The Balaban J connectivity index is 1.88. The summed E-state index contributed by atoms with van der Waals surface area (Å²) in [5.41, 5.74) is 2.09. The van der Waals surface area contributed by atoms with Crippen LogP contribution < -0.4 is 9.80 Å². The van der Waals surface area contributed by atoms with Gasteiger partial charge in [0.05, 0.1) is 16.9 Å². The van der Waals surface area contributed by atoms with E-state index < -0.39 is 5.97 Å². The zero-order valence-electron chi connectivity index (χ0n) is 13.0. The lowest BCUT2D eigenvalue weighted by Crippen LogP contribution is -2.28. The third-order valence-electron chi connectivity index (χ3n) is 4.38. The number of carboxylic acids is 1. The van der Waals surface area contributed by atoms with Crippen molar-refractivity contribution in [2.45, 2.75) is 25.7 Å². The van der Waals surface area contributed by atoms with Crippen LogP contribution in [0.3, 0.4) is 0 Å². The molecule has 4 nitrogen and oxygen atoms in total. The van der Waals surface area contributed by atoms with Crippen LogP contribution in [0, 0.1) is 5.82 Å². The second-order valence-corrected chi connectivity index (χ2v) is 5.97. The highest BCUT2D eigenvalue weighted by Crippen LogP contribution is 2.33. The molecule has 2 aliphatic heterocycles. The number of carbonyl (C=O) groups is 1. The quantitative estimate of drug-likeness (QED) is 0.926. The lowest BCUT2D eigenvalue weighted by molar-refractivity contribution is -0.132.